The van der Waals surface area contributed by atoms with E-state index in [-0.39, 0.29) is 6.03 Å². The summed E-state index contributed by atoms with van der Waals surface area (Å²) in [6.45, 7) is 9.19. The van der Waals surface area contributed by atoms with Crippen LogP contribution in [0.1, 0.15) is 26.2 Å². The van der Waals surface area contributed by atoms with Crippen LogP contribution in [0.5, 0.6) is 0 Å². The second-order valence-electron chi connectivity index (χ2n) is 5.31. The van der Waals surface area contributed by atoms with Gasteiger partial charge in [0.1, 0.15) is 0 Å². The molecular formula is C13H26N4O. The zero-order valence-corrected chi connectivity index (χ0v) is 11.5. The summed E-state index contributed by atoms with van der Waals surface area (Å²) in [5, 5.41) is 6.45. The number of likely N-dealkylation sites (tertiary alicyclic amines) is 1. The van der Waals surface area contributed by atoms with Crippen molar-refractivity contribution in [2.45, 2.75) is 32.2 Å². The van der Waals surface area contributed by atoms with Crippen LogP contribution in [-0.4, -0.2) is 67.7 Å². The smallest absolute Gasteiger partial charge is 0.317 e. The highest BCUT2D eigenvalue weighted by molar-refractivity contribution is 5.76. The number of nitrogens with one attached hydrogen (secondary N) is 2. The maximum Gasteiger partial charge on any atom is 0.317 e. The molecule has 0 bridgehead atoms. The van der Waals surface area contributed by atoms with E-state index in [9.17, 15) is 4.79 Å². The van der Waals surface area contributed by atoms with Crippen LogP contribution in [0, 0.1) is 0 Å². The number of urea groups is 1. The second kappa shape index (κ2) is 6.95. The number of hydrogen-bond acceptors (Lipinski definition) is 3. The van der Waals surface area contributed by atoms with Crippen molar-refractivity contribution in [3.8, 4) is 0 Å². The van der Waals surface area contributed by atoms with Gasteiger partial charge in [0, 0.05) is 38.8 Å². The van der Waals surface area contributed by atoms with Crippen LogP contribution in [0.3, 0.4) is 0 Å². The van der Waals surface area contributed by atoms with E-state index in [0.717, 1.165) is 39.3 Å². The molecule has 0 aromatic heterocycles. The minimum Gasteiger partial charge on any atom is -0.336 e. The highest BCUT2D eigenvalue weighted by Gasteiger charge is 2.22. The van der Waals surface area contributed by atoms with Gasteiger partial charge in [-0.3, -0.25) is 0 Å². The fraction of sp³-hybridized carbons (Fsp3) is 0.923. The quantitative estimate of drug-likeness (QED) is 0.724. The number of hydrogen-bond donors (Lipinski definition) is 2. The maximum atomic E-state index is 11.4. The lowest BCUT2D eigenvalue weighted by atomic mass is 10.1. The first-order valence-electron chi connectivity index (χ1n) is 7.28. The molecule has 2 amide bonds. The van der Waals surface area contributed by atoms with Crippen molar-refractivity contribution < 1.29 is 4.79 Å². The van der Waals surface area contributed by atoms with E-state index >= 15 is 0 Å². The molecule has 18 heavy (non-hydrogen) atoms. The maximum absolute atomic E-state index is 11.4. The van der Waals surface area contributed by atoms with Crippen molar-refractivity contribution >= 4 is 6.03 Å². The Morgan fingerprint density at radius 2 is 2.28 bits per heavy atom. The van der Waals surface area contributed by atoms with E-state index in [2.05, 4.69) is 22.5 Å². The van der Waals surface area contributed by atoms with Crippen molar-refractivity contribution in [3.05, 3.63) is 0 Å². The summed E-state index contributed by atoms with van der Waals surface area (Å²) in [7, 11) is 0. The monoisotopic (exact) mass is 254 g/mol. The fourth-order valence-electron chi connectivity index (χ4n) is 2.76. The topological polar surface area (TPSA) is 47.6 Å². The first-order chi connectivity index (χ1) is 8.79. The minimum atomic E-state index is 0.104. The molecule has 0 radical (unpaired) electrons. The Labute approximate surface area is 110 Å². The molecule has 2 aliphatic rings. The van der Waals surface area contributed by atoms with E-state index in [1.54, 1.807) is 0 Å². The average molecular weight is 254 g/mol. The van der Waals surface area contributed by atoms with Gasteiger partial charge in [-0.1, -0.05) is 6.92 Å². The molecule has 2 heterocycles. The third kappa shape index (κ3) is 3.85. The Morgan fingerprint density at radius 1 is 1.39 bits per heavy atom. The molecule has 0 spiro atoms. The van der Waals surface area contributed by atoms with E-state index in [4.69, 9.17) is 0 Å². The molecular weight excluding hydrogens is 228 g/mol. The van der Waals surface area contributed by atoms with E-state index < -0.39 is 0 Å². The van der Waals surface area contributed by atoms with Crippen molar-refractivity contribution in [2.75, 3.05) is 45.8 Å². The highest BCUT2D eigenvalue weighted by Crippen LogP contribution is 2.10. The molecule has 2 saturated heterocycles. The van der Waals surface area contributed by atoms with Crippen LogP contribution in [-0.2, 0) is 0 Å². The predicted molar refractivity (Wildman–Crippen MR) is 72.7 cm³/mol. The third-order valence-corrected chi connectivity index (χ3v) is 3.82. The van der Waals surface area contributed by atoms with Crippen LogP contribution in [0.25, 0.3) is 0 Å². The number of carbonyl (C=O) groups excluding carboxylic acids is 1. The Hall–Kier alpha value is -0.810. The fourth-order valence-corrected chi connectivity index (χ4v) is 2.76. The number of carbonyl (C=O) groups is 1. The van der Waals surface area contributed by atoms with Gasteiger partial charge in [-0.25, -0.2) is 4.79 Å². The Bertz CT molecular complexity index is 272. The normalized spacial score (nSPS) is 25.5. The van der Waals surface area contributed by atoms with E-state index in [1.807, 2.05) is 4.90 Å². The second-order valence-corrected chi connectivity index (χ2v) is 5.31. The number of piperidine rings is 1. The van der Waals surface area contributed by atoms with Crippen molar-refractivity contribution in [1.29, 1.82) is 0 Å². The molecule has 1 unspecified atom stereocenters. The molecule has 2 N–H and O–H groups in total. The van der Waals surface area contributed by atoms with Gasteiger partial charge in [-0.15, -0.1) is 0 Å². The van der Waals surface area contributed by atoms with Gasteiger partial charge < -0.3 is 20.4 Å². The molecule has 0 saturated carbocycles. The number of rotatable bonds is 6. The molecule has 0 aliphatic carbocycles. The number of nitrogens with zero attached hydrogens (tertiary/aromatic N) is 2. The SMILES string of the molecule is CCCNC1CCCN(CCN2CCNC2=O)C1. The standard InChI is InChI=1S/C13H26N4O/c1-2-5-14-12-4-3-7-16(11-12)9-10-17-8-6-15-13(17)18/h12,14H,2-11H2,1H3,(H,15,18). The summed E-state index contributed by atoms with van der Waals surface area (Å²) in [6.07, 6.45) is 3.76. The molecule has 0 aromatic carbocycles. The van der Waals surface area contributed by atoms with Gasteiger partial charge in [0.05, 0.1) is 0 Å². The molecule has 2 fully saturated rings. The van der Waals surface area contributed by atoms with Crippen LogP contribution in [0.4, 0.5) is 4.79 Å². The molecule has 0 aromatic rings. The largest absolute Gasteiger partial charge is 0.336 e. The zero-order chi connectivity index (χ0) is 12.8. The van der Waals surface area contributed by atoms with E-state index in [0.29, 0.717) is 6.04 Å². The van der Waals surface area contributed by atoms with Gasteiger partial charge in [0.15, 0.2) is 0 Å². The summed E-state index contributed by atoms with van der Waals surface area (Å²) in [4.78, 5) is 15.8. The Kier molecular flexibility index (Phi) is 5.26. The van der Waals surface area contributed by atoms with Crippen LogP contribution >= 0.6 is 0 Å². The van der Waals surface area contributed by atoms with Gasteiger partial charge in [0.25, 0.3) is 0 Å². The van der Waals surface area contributed by atoms with Crippen molar-refractivity contribution in [1.82, 2.24) is 20.4 Å². The van der Waals surface area contributed by atoms with Crippen LogP contribution in [0.2, 0.25) is 0 Å². The molecule has 104 valence electrons. The molecule has 5 nitrogen and oxygen atoms in total. The summed E-state index contributed by atoms with van der Waals surface area (Å²) >= 11 is 0. The number of amides is 2. The van der Waals surface area contributed by atoms with Crippen LogP contribution < -0.4 is 10.6 Å². The Morgan fingerprint density at radius 3 is 3.00 bits per heavy atom. The summed E-state index contributed by atoms with van der Waals surface area (Å²) < 4.78 is 0. The first-order valence-corrected chi connectivity index (χ1v) is 7.28. The first kappa shape index (κ1) is 13.6. The minimum absolute atomic E-state index is 0.104. The highest BCUT2D eigenvalue weighted by atomic mass is 16.2. The van der Waals surface area contributed by atoms with Gasteiger partial charge in [0.2, 0.25) is 0 Å². The lowest BCUT2D eigenvalue weighted by Crippen LogP contribution is -2.48. The summed E-state index contributed by atoms with van der Waals surface area (Å²) in [5.74, 6) is 0. The molecule has 2 rings (SSSR count). The lowest BCUT2D eigenvalue weighted by Gasteiger charge is -2.34. The summed E-state index contributed by atoms with van der Waals surface area (Å²) in [5.41, 5.74) is 0. The Balaban J connectivity index is 1.67. The molecule has 2 aliphatic heterocycles. The van der Waals surface area contributed by atoms with E-state index in [1.165, 1.54) is 25.8 Å². The lowest BCUT2D eigenvalue weighted by molar-refractivity contribution is 0.169. The van der Waals surface area contributed by atoms with Gasteiger partial charge >= 0.3 is 6.03 Å². The molecule has 1 atom stereocenters. The van der Waals surface area contributed by atoms with Crippen LogP contribution in [0.15, 0.2) is 0 Å². The van der Waals surface area contributed by atoms with Crippen molar-refractivity contribution in [3.63, 3.8) is 0 Å². The predicted octanol–water partition coefficient (Wildman–Crippen LogP) is 0.476. The average Bonchev–Trinajstić information content (AvgIpc) is 2.80. The third-order valence-electron chi connectivity index (χ3n) is 3.82. The van der Waals surface area contributed by atoms with Crippen molar-refractivity contribution in [2.24, 2.45) is 0 Å². The van der Waals surface area contributed by atoms with Gasteiger partial charge in [-0.05, 0) is 32.4 Å². The summed E-state index contributed by atoms with van der Waals surface area (Å²) in [6, 6.07) is 0.749. The zero-order valence-electron chi connectivity index (χ0n) is 11.5. The van der Waals surface area contributed by atoms with Gasteiger partial charge in [-0.2, -0.15) is 0 Å². The molecule has 5 heteroatoms.